The highest BCUT2D eigenvalue weighted by atomic mass is 35.5. The molecule has 0 aliphatic heterocycles. The van der Waals surface area contributed by atoms with Gasteiger partial charge in [-0.2, -0.15) is 9.97 Å². The molecule has 0 fully saturated rings. The Morgan fingerprint density at radius 1 is 1.12 bits per heavy atom. The maximum Gasteiger partial charge on any atom is 0.261 e. The molecule has 2 heterocycles. The van der Waals surface area contributed by atoms with Gasteiger partial charge in [0.15, 0.2) is 10.9 Å². The van der Waals surface area contributed by atoms with E-state index in [1.165, 1.54) is 11.8 Å². The summed E-state index contributed by atoms with van der Waals surface area (Å²) in [6, 6.07) is 6.82. The van der Waals surface area contributed by atoms with Gasteiger partial charge in [0.1, 0.15) is 0 Å². The highest BCUT2D eigenvalue weighted by molar-refractivity contribution is 7.99. The molecular weight excluding hydrogens is 374 g/mol. The lowest BCUT2D eigenvalue weighted by Crippen LogP contribution is -2.12. The standard InChI is InChI=1S/C16H18ClN7OS/c1-3-18-13-20-14(19-4-2)24-15(21-13)22-23-16(24)26-9-12(25)10-5-7-11(17)8-6-10/h5-8H,3-4,9H2,1-2H3,(H2,18,19,20,21,22). The Labute approximate surface area is 159 Å². The molecule has 0 amide bonds. The molecule has 0 bridgehead atoms. The van der Waals surface area contributed by atoms with E-state index in [9.17, 15) is 4.79 Å². The fourth-order valence-electron chi connectivity index (χ4n) is 2.25. The first-order chi connectivity index (χ1) is 12.6. The highest BCUT2D eigenvalue weighted by Crippen LogP contribution is 2.22. The number of hydrogen-bond donors (Lipinski definition) is 2. The number of Topliss-reactive ketones (excluding diaryl/α,β-unsaturated/α-hetero) is 1. The zero-order valence-electron chi connectivity index (χ0n) is 14.4. The van der Waals surface area contributed by atoms with Crippen molar-refractivity contribution in [2.45, 2.75) is 19.0 Å². The van der Waals surface area contributed by atoms with E-state index in [0.29, 0.717) is 46.5 Å². The molecule has 0 radical (unpaired) electrons. The van der Waals surface area contributed by atoms with Crippen molar-refractivity contribution in [2.24, 2.45) is 0 Å². The third kappa shape index (κ3) is 4.05. The molecule has 8 nitrogen and oxygen atoms in total. The minimum Gasteiger partial charge on any atom is -0.355 e. The third-order valence-electron chi connectivity index (χ3n) is 3.41. The Kier molecular flexibility index (Phi) is 5.89. The molecule has 0 aliphatic carbocycles. The number of aromatic nitrogens is 5. The van der Waals surface area contributed by atoms with Crippen LogP contribution in [0.25, 0.3) is 5.78 Å². The zero-order chi connectivity index (χ0) is 18.5. The summed E-state index contributed by atoms with van der Waals surface area (Å²) < 4.78 is 1.71. The lowest BCUT2D eigenvalue weighted by Gasteiger charge is -2.09. The van der Waals surface area contributed by atoms with Crippen LogP contribution in [0.15, 0.2) is 29.4 Å². The first kappa shape index (κ1) is 18.4. The Balaban J connectivity index is 1.83. The second-order valence-corrected chi connectivity index (χ2v) is 6.65. The molecule has 26 heavy (non-hydrogen) atoms. The minimum absolute atomic E-state index is 0.0152. The SMILES string of the molecule is CCNc1nc(NCC)n2c(SCC(=O)c3ccc(Cl)cc3)nnc2n1. The van der Waals surface area contributed by atoms with Crippen LogP contribution in [0.4, 0.5) is 11.9 Å². The molecule has 2 aromatic heterocycles. The Morgan fingerprint density at radius 2 is 1.85 bits per heavy atom. The van der Waals surface area contributed by atoms with Crippen molar-refractivity contribution in [1.29, 1.82) is 0 Å². The van der Waals surface area contributed by atoms with Crippen LogP contribution in [0.5, 0.6) is 0 Å². The molecule has 3 aromatic rings. The van der Waals surface area contributed by atoms with Crippen LogP contribution >= 0.6 is 23.4 Å². The van der Waals surface area contributed by atoms with Gasteiger partial charge in [0, 0.05) is 23.7 Å². The fraction of sp³-hybridized carbons (Fsp3) is 0.312. The molecule has 2 N–H and O–H groups in total. The maximum absolute atomic E-state index is 12.4. The second kappa shape index (κ2) is 8.33. The number of hydrogen-bond acceptors (Lipinski definition) is 8. The van der Waals surface area contributed by atoms with Gasteiger partial charge in [-0.05, 0) is 38.1 Å². The summed E-state index contributed by atoms with van der Waals surface area (Å²) in [7, 11) is 0. The summed E-state index contributed by atoms with van der Waals surface area (Å²) in [5.74, 6) is 1.70. The summed E-state index contributed by atoms with van der Waals surface area (Å²) in [6.07, 6.45) is 0. The summed E-state index contributed by atoms with van der Waals surface area (Å²) in [5, 5.41) is 15.7. The molecule has 10 heteroatoms. The number of carbonyl (C=O) groups excluding carboxylic acids is 1. The molecule has 0 unspecified atom stereocenters. The van der Waals surface area contributed by atoms with Crippen molar-refractivity contribution < 1.29 is 4.79 Å². The van der Waals surface area contributed by atoms with Gasteiger partial charge in [-0.1, -0.05) is 23.4 Å². The van der Waals surface area contributed by atoms with Crippen LogP contribution in [-0.4, -0.2) is 49.2 Å². The van der Waals surface area contributed by atoms with Crippen LogP contribution in [0.2, 0.25) is 5.02 Å². The summed E-state index contributed by atoms with van der Waals surface area (Å²) >= 11 is 7.15. The van der Waals surface area contributed by atoms with E-state index < -0.39 is 0 Å². The van der Waals surface area contributed by atoms with Crippen LogP contribution in [0.3, 0.4) is 0 Å². The molecule has 3 rings (SSSR count). The summed E-state index contributed by atoms with van der Waals surface area (Å²) in [4.78, 5) is 21.1. The quantitative estimate of drug-likeness (QED) is 0.446. The van der Waals surface area contributed by atoms with E-state index in [0.717, 1.165) is 0 Å². The molecule has 0 spiro atoms. The van der Waals surface area contributed by atoms with Crippen LogP contribution < -0.4 is 10.6 Å². The predicted octanol–water partition coefficient (Wildman–Crippen LogP) is 3.01. The molecule has 0 saturated heterocycles. The van der Waals surface area contributed by atoms with Gasteiger partial charge < -0.3 is 10.6 Å². The Bertz CT molecular complexity index is 913. The number of carbonyl (C=O) groups is 1. The summed E-state index contributed by atoms with van der Waals surface area (Å²) in [5.41, 5.74) is 0.605. The first-order valence-electron chi connectivity index (χ1n) is 8.14. The van der Waals surface area contributed by atoms with Gasteiger partial charge in [-0.3, -0.25) is 4.79 Å². The van der Waals surface area contributed by atoms with Crippen LogP contribution in [0.1, 0.15) is 24.2 Å². The second-order valence-electron chi connectivity index (χ2n) is 5.27. The largest absolute Gasteiger partial charge is 0.355 e. The lowest BCUT2D eigenvalue weighted by atomic mass is 10.1. The van der Waals surface area contributed by atoms with E-state index in [1.54, 1.807) is 28.7 Å². The highest BCUT2D eigenvalue weighted by Gasteiger charge is 2.16. The lowest BCUT2D eigenvalue weighted by molar-refractivity contribution is 0.102. The van der Waals surface area contributed by atoms with Gasteiger partial charge in [-0.15, -0.1) is 10.2 Å². The smallest absolute Gasteiger partial charge is 0.261 e. The fourth-order valence-corrected chi connectivity index (χ4v) is 3.20. The molecule has 0 aliphatic rings. The van der Waals surface area contributed by atoms with Crippen molar-refractivity contribution in [3.8, 4) is 0 Å². The number of benzene rings is 1. The number of fused-ring (bicyclic) bond motifs is 1. The van der Waals surface area contributed by atoms with Gasteiger partial charge in [0.05, 0.1) is 5.75 Å². The number of nitrogens with zero attached hydrogens (tertiary/aromatic N) is 5. The van der Waals surface area contributed by atoms with Crippen molar-refractivity contribution in [1.82, 2.24) is 24.6 Å². The van der Waals surface area contributed by atoms with E-state index in [1.807, 2.05) is 13.8 Å². The Hall–Kier alpha value is -2.39. The minimum atomic E-state index is -0.0152. The van der Waals surface area contributed by atoms with Gasteiger partial charge in [0.25, 0.3) is 5.78 Å². The first-order valence-corrected chi connectivity index (χ1v) is 9.51. The third-order valence-corrected chi connectivity index (χ3v) is 4.60. The average Bonchev–Trinajstić information content (AvgIpc) is 3.04. The normalized spacial score (nSPS) is 10.9. The average molecular weight is 392 g/mol. The van der Waals surface area contributed by atoms with Gasteiger partial charge in [0.2, 0.25) is 11.9 Å². The van der Waals surface area contributed by atoms with E-state index >= 15 is 0 Å². The van der Waals surface area contributed by atoms with Crippen LogP contribution in [0, 0.1) is 0 Å². The number of rotatable bonds is 8. The zero-order valence-corrected chi connectivity index (χ0v) is 15.9. The molecule has 0 saturated carbocycles. The van der Waals surface area contributed by atoms with E-state index in [-0.39, 0.29) is 11.5 Å². The topological polar surface area (TPSA) is 97.1 Å². The van der Waals surface area contributed by atoms with E-state index in [2.05, 4.69) is 30.8 Å². The van der Waals surface area contributed by atoms with E-state index in [4.69, 9.17) is 11.6 Å². The maximum atomic E-state index is 12.4. The Morgan fingerprint density at radius 3 is 2.54 bits per heavy atom. The van der Waals surface area contributed by atoms with Crippen molar-refractivity contribution >= 4 is 46.8 Å². The number of anilines is 2. The number of nitrogens with one attached hydrogen (secondary N) is 2. The van der Waals surface area contributed by atoms with Gasteiger partial charge >= 0.3 is 0 Å². The molecular formula is C16H18ClN7OS. The monoisotopic (exact) mass is 391 g/mol. The number of ketones is 1. The molecule has 1 aromatic carbocycles. The predicted molar refractivity (Wildman–Crippen MR) is 103 cm³/mol. The molecule has 0 atom stereocenters. The van der Waals surface area contributed by atoms with Crippen LogP contribution in [-0.2, 0) is 0 Å². The number of halogens is 1. The number of thioether (sulfide) groups is 1. The summed E-state index contributed by atoms with van der Waals surface area (Å²) in [6.45, 7) is 5.33. The van der Waals surface area contributed by atoms with Crippen molar-refractivity contribution in [3.63, 3.8) is 0 Å². The van der Waals surface area contributed by atoms with Crippen molar-refractivity contribution in [3.05, 3.63) is 34.9 Å². The van der Waals surface area contributed by atoms with Gasteiger partial charge in [-0.25, -0.2) is 4.40 Å². The molecule has 136 valence electrons. The van der Waals surface area contributed by atoms with Crippen molar-refractivity contribution in [2.75, 3.05) is 29.5 Å².